The van der Waals surface area contributed by atoms with Crippen LogP contribution in [-0.4, -0.2) is 35.8 Å². The van der Waals surface area contributed by atoms with Gasteiger partial charge in [0.15, 0.2) is 0 Å². The molecule has 0 spiro atoms. The number of benzene rings is 1. The summed E-state index contributed by atoms with van der Waals surface area (Å²) in [6.45, 7) is 13.6. The Bertz CT molecular complexity index is 266. The molecular formula is C15H32N2O2. The maximum Gasteiger partial charge on any atom is 0.104 e. The molecule has 0 aliphatic rings. The van der Waals surface area contributed by atoms with Crippen molar-refractivity contribution in [3.63, 3.8) is 0 Å². The average Bonchev–Trinajstić information content (AvgIpc) is 2.38. The van der Waals surface area contributed by atoms with E-state index >= 15 is 0 Å². The Morgan fingerprint density at radius 1 is 0.895 bits per heavy atom. The number of rotatable bonds is 5. The predicted molar refractivity (Wildman–Crippen MR) is 81.5 cm³/mol. The van der Waals surface area contributed by atoms with Crippen molar-refractivity contribution in [2.24, 2.45) is 0 Å². The molecule has 4 nitrogen and oxygen atoms in total. The fourth-order valence-electron chi connectivity index (χ4n) is 1.98. The Balaban J connectivity index is -0.000000468. The third-order valence-electron chi connectivity index (χ3n) is 3.37. The fraction of sp³-hybridized carbons (Fsp3) is 0.600. The molecule has 0 amide bonds. The third-order valence-corrected chi connectivity index (χ3v) is 3.37. The predicted octanol–water partition coefficient (Wildman–Crippen LogP) is 3.32. The summed E-state index contributed by atoms with van der Waals surface area (Å²) in [4.78, 5) is 0. The average molecular weight is 272 g/mol. The van der Waals surface area contributed by atoms with Crippen molar-refractivity contribution in [3.8, 4) is 0 Å². The fourth-order valence-corrected chi connectivity index (χ4v) is 1.98. The Morgan fingerprint density at radius 2 is 1.26 bits per heavy atom. The van der Waals surface area contributed by atoms with Crippen molar-refractivity contribution in [2.45, 2.75) is 34.2 Å². The summed E-state index contributed by atoms with van der Waals surface area (Å²) >= 11 is 0. The van der Waals surface area contributed by atoms with Gasteiger partial charge in [-0.15, -0.1) is 0 Å². The Hall–Kier alpha value is -0.940. The van der Waals surface area contributed by atoms with Gasteiger partial charge in [0.25, 0.3) is 0 Å². The molecule has 0 atom stereocenters. The molecule has 0 heterocycles. The zero-order chi connectivity index (χ0) is 13.1. The van der Waals surface area contributed by atoms with Crippen molar-refractivity contribution in [1.29, 1.82) is 0 Å². The van der Waals surface area contributed by atoms with Gasteiger partial charge in [0.1, 0.15) is 6.54 Å². The maximum atomic E-state index is 7.57. The number of hydrogen-bond donors (Lipinski definition) is 2. The maximum absolute atomic E-state index is 7.57. The van der Waals surface area contributed by atoms with E-state index in [-0.39, 0.29) is 18.2 Å². The first-order valence-electron chi connectivity index (χ1n) is 6.67. The molecule has 0 saturated carbocycles. The highest BCUT2D eigenvalue weighted by Gasteiger charge is 2.20. The van der Waals surface area contributed by atoms with E-state index in [2.05, 4.69) is 51.1 Å². The van der Waals surface area contributed by atoms with Gasteiger partial charge in [0, 0.05) is 12.2 Å². The molecule has 0 saturated heterocycles. The second-order valence-corrected chi connectivity index (χ2v) is 4.25. The summed E-state index contributed by atoms with van der Waals surface area (Å²) in [5.74, 6) is 0. The van der Waals surface area contributed by atoms with Crippen LogP contribution in [-0.2, 0) is 12.0 Å². The molecule has 1 rings (SSSR count). The van der Waals surface area contributed by atoms with Gasteiger partial charge >= 0.3 is 0 Å². The van der Waals surface area contributed by atoms with Gasteiger partial charge in [-0.3, -0.25) is 0 Å². The van der Waals surface area contributed by atoms with E-state index in [1.165, 1.54) is 36.2 Å². The molecule has 1 aromatic carbocycles. The Kier molecular flexibility index (Phi) is 16.5. The minimum atomic E-state index is 0. The lowest BCUT2D eigenvalue weighted by molar-refractivity contribution is -0.936. The van der Waals surface area contributed by atoms with E-state index < -0.39 is 0 Å². The molecule has 0 bridgehead atoms. The van der Waals surface area contributed by atoms with E-state index in [1.54, 1.807) is 6.92 Å². The zero-order valence-electron chi connectivity index (χ0n) is 13.2. The van der Waals surface area contributed by atoms with E-state index in [9.17, 15) is 0 Å². The van der Waals surface area contributed by atoms with Gasteiger partial charge in [0.2, 0.25) is 0 Å². The van der Waals surface area contributed by atoms with Gasteiger partial charge in [-0.25, -0.2) is 0 Å². The SMILES string of the molecule is CCO.CC[N+](CC)(CC)Cc1ccccc1.[NH4+].[O-2]. The summed E-state index contributed by atoms with van der Waals surface area (Å²) < 4.78 is 1.20. The van der Waals surface area contributed by atoms with Crippen LogP contribution in [0.1, 0.15) is 33.3 Å². The molecule has 114 valence electrons. The van der Waals surface area contributed by atoms with Gasteiger partial charge in [-0.1, -0.05) is 30.3 Å². The van der Waals surface area contributed by atoms with Crippen LogP contribution in [0, 0.1) is 0 Å². The third kappa shape index (κ3) is 8.72. The van der Waals surface area contributed by atoms with Crippen LogP contribution in [0.2, 0.25) is 0 Å². The molecule has 0 aliphatic heterocycles. The van der Waals surface area contributed by atoms with Crippen molar-refractivity contribution < 1.29 is 15.1 Å². The van der Waals surface area contributed by atoms with E-state index in [0.29, 0.717) is 0 Å². The van der Waals surface area contributed by atoms with Crippen LogP contribution in [0.4, 0.5) is 0 Å². The Morgan fingerprint density at radius 3 is 1.58 bits per heavy atom. The van der Waals surface area contributed by atoms with Crippen molar-refractivity contribution in [3.05, 3.63) is 35.9 Å². The molecule has 5 N–H and O–H groups in total. The lowest BCUT2D eigenvalue weighted by atomic mass is 10.2. The second-order valence-electron chi connectivity index (χ2n) is 4.25. The molecule has 19 heavy (non-hydrogen) atoms. The van der Waals surface area contributed by atoms with E-state index in [0.717, 1.165) is 0 Å². The standard InChI is InChI=1S/C13H22N.C2H6O.H3N.O/c1-4-14(5-2,6-3)12-13-10-8-7-9-11-13;1-2-3;;/h7-11H,4-6,12H2,1-3H3;3H,2H2,1H3;1H3;/q+1;;;-2/p+1. The second kappa shape index (κ2) is 13.5. The molecule has 4 heteroatoms. The molecule has 0 aliphatic carbocycles. The largest absolute Gasteiger partial charge is 2.00 e. The van der Waals surface area contributed by atoms with Crippen LogP contribution in [0.15, 0.2) is 30.3 Å². The zero-order valence-corrected chi connectivity index (χ0v) is 13.2. The number of hydrogen-bond acceptors (Lipinski definition) is 1. The summed E-state index contributed by atoms with van der Waals surface area (Å²) in [7, 11) is 0. The monoisotopic (exact) mass is 272 g/mol. The van der Waals surface area contributed by atoms with E-state index in [4.69, 9.17) is 5.11 Å². The lowest BCUT2D eigenvalue weighted by Gasteiger charge is -2.35. The van der Waals surface area contributed by atoms with Gasteiger partial charge in [-0.2, -0.15) is 0 Å². The Labute approximate surface area is 118 Å². The quantitative estimate of drug-likeness (QED) is 0.792. The first kappa shape index (κ1) is 23.2. The van der Waals surface area contributed by atoms with Gasteiger partial charge in [0.05, 0.1) is 19.6 Å². The topological polar surface area (TPSA) is 85.2 Å². The van der Waals surface area contributed by atoms with Crippen molar-refractivity contribution in [2.75, 3.05) is 26.2 Å². The molecule has 0 fully saturated rings. The summed E-state index contributed by atoms with van der Waals surface area (Å²) in [6, 6.07) is 10.8. The van der Waals surface area contributed by atoms with Crippen molar-refractivity contribution >= 4 is 0 Å². The molecule has 1 aromatic rings. The molecule has 0 unspecified atom stereocenters. The number of aliphatic hydroxyl groups excluding tert-OH is 1. The first-order chi connectivity index (χ1) is 8.17. The van der Waals surface area contributed by atoms with Crippen LogP contribution in [0.3, 0.4) is 0 Å². The van der Waals surface area contributed by atoms with Crippen LogP contribution >= 0.6 is 0 Å². The molecular weight excluding hydrogens is 240 g/mol. The minimum absolute atomic E-state index is 0. The first-order valence-corrected chi connectivity index (χ1v) is 6.67. The van der Waals surface area contributed by atoms with Crippen molar-refractivity contribution in [1.82, 2.24) is 6.15 Å². The highest BCUT2D eigenvalue weighted by molar-refractivity contribution is 5.13. The number of quaternary nitrogens is 2. The van der Waals surface area contributed by atoms with Gasteiger partial charge < -0.3 is 21.2 Å². The molecule has 0 aromatic heterocycles. The smallest absolute Gasteiger partial charge is 0.104 e. The summed E-state index contributed by atoms with van der Waals surface area (Å²) in [6.07, 6.45) is 0. The van der Waals surface area contributed by atoms with Crippen LogP contribution in [0.25, 0.3) is 0 Å². The molecule has 0 radical (unpaired) electrons. The number of aliphatic hydroxyl groups is 1. The van der Waals surface area contributed by atoms with Crippen LogP contribution in [0.5, 0.6) is 0 Å². The number of nitrogens with zero attached hydrogens (tertiary/aromatic N) is 1. The van der Waals surface area contributed by atoms with E-state index in [1.807, 2.05) is 0 Å². The van der Waals surface area contributed by atoms with Gasteiger partial charge in [-0.05, 0) is 27.7 Å². The minimum Gasteiger partial charge on any atom is -2.00 e. The normalized spacial score (nSPS) is 9.53. The summed E-state index contributed by atoms with van der Waals surface area (Å²) in [5, 5.41) is 7.57. The highest BCUT2D eigenvalue weighted by Crippen LogP contribution is 2.13. The van der Waals surface area contributed by atoms with Crippen LogP contribution < -0.4 is 6.15 Å². The highest BCUT2D eigenvalue weighted by atomic mass is 16.2. The lowest BCUT2D eigenvalue weighted by Crippen LogP contribution is -2.46. The summed E-state index contributed by atoms with van der Waals surface area (Å²) in [5.41, 5.74) is 1.46.